The quantitative estimate of drug-likeness (QED) is 0.165. The maximum absolute atomic E-state index is 12.9. The Balaban J connectivity index is 1.42. The van der Waals surface area contributed by atoms with Crippen LogP contribution in [0.1, 0.15) is 30.0 Å². The molecule has 0 saturated carbocycles. The zero-order valence-electron chi connectivity index (χ0n) is 20.9. The Morgan fingerprint density at radius 2 is 1.90 bits per heavy atom. The zero-order valence-corrected chi connectivity index (χ0v) is 21.8. The van der Waals surface area contributed by atoms with Crippen molar-refractivity contribution in [3.8, 4) is 17.1 Å². The Kier molecular flexibility index (Phi) is 7.50. The minimum Gasteiger partial charge on any atom is -0.495 e. The molecular weight excluding hydrogens is 518 g/mol. The third kappa shape index (κ3) is 5.43. The molecule has 2 aromatic carbocycles. The molecule has 39 heavy (non-hydrogen) atoms. The first kappa shape index (κ1) is 25.9. The molecule has 198 valence electrons. The molecule has 2 atom stereocenters. The number of hydrogen-bond acceptors (Lipinski definition) is 7. The number of para-hydroxylation sites is 3. The number of carbonyl (C=O) groups excluding carboxylic acids is 1. The molecular formula is C28H25N5O5S. The topological polar surface area (TPSA) is 123 Å². The van der Waals surface area contributed by atoms with E-state index in [1.54, 1.807) is 55.8 Å². The van der Waals surface area contributed by atoms with Crippen LogP contribution in [-0.4, -0.2) is 39.5 Å². The summed E-state index contributed by atoms with van der Waals surface area (Å²) in [5, 5.41) is 18.2. The first-order valence-electron chi connectivity index (χ1n) is 12.2. The van der Waals surface area contributed by atoms with Gasteiger partial charge in [-0.05, 0) is 54.7 Å². The van der Waals surface area contributed by atoms with Gasteiger partial charge in [-0.15, -0.1) is 0 Å². The molecule has 1 fully saturated rings. The molecule has 0 radical (unpaired) electrons. The lowest BCUT2D eigenvalue weighted by Crippen LogP contribution is -2.32. The Morgan fingerprint density at radius 3 is 2.67 bits per heavy atom. The van der Waals surface area contributed by atoms with Crippen LogP contribution in [0.25, 0.3) is 11.3 Å². The van der Waals surface area contributed by atoms with Crippen LogP contribution in [0, 0.1) is 10.1 Å². The van der Waals surface area contributed by atoms with Crippen LogP contribution in [0.4, 0.5) is 11.4 Å². The number of pyridine rings is 1. The number of aromatic nitrogens is 1. The van der Waals surface area contributed by atoms with Gasteiger partial charge in [0.1, 0.15) is 23.3 Å². The lowest BCUT2D eigenvalue weighted by Gasteiger charge is -2.26. The van der Waals surface area contributed by atoms with Crippen molar-refractivity contribution in [2.75, 3.05) is 19.0 Å². The molecule has 2 N–H and O–H groups in total. The lowest BCUT2D eigenvalue weighted by atomic mass is 10.0. The smallest absolute Gasteiger partial charge is 0.280 e. The molecule has 11 heteroatoms. The Hall–Kier alpha value is -4.77. The Morgan fingerprint density at radius 1 is 1.13 bits per heavy atom. The van der Waals surface area contributed by atoms with E-state index in [1.807, 2.05) is 35.2 Å². The number of thiocarbonyl (C=S) groups is 1. The summed E-state index contributed by atoms with van der Waals surface area (Å²) < 4.78 is 11.5. The summed E-state index contributed by atoms with van der Waals surface area (Å²) in [5.74, 6) is 1.26. The van der Waals surface area contributed by atoms with E-state index in [-0.39, 0.29) is 24.1 Å². The van der Waals surface area contributed by atoms with Gasteiger partial charge in [-0.25, -0.2) is 0 Å². The van der Waals surface area contributed by atoms with Gasteiger partial charge in [0, 0.05) is 25.2 Å². The van der Waals surface area contributed by atoms with E-state index in [4.69, 9.17) is 21.4 Å². The number of hydrogen-bond donors (Lipinski definition) is 2. The summed E-state index contributed by atoms with van der Waals surface area (Å²) in [7, 11) is 1.54. The second-order valence-corrected chi connectivity index (χ2v) is 9.18. The van der Waals surface area contributed by atoms with Crippen molar-refractivity contribution in [3.63, 3.8) is 0 Å². The van der Waals surface area contributed by atoms with E-state index in [9.17, 15) is 14.9 Å². The molecule has 0 bridgehead atoms. The van der Waals surface area contributed by atoms with E-state index in [0.29, 0.717) is 40.2 Å². The van der Waals surface area contributed by atoms with E-state index < -0.39 is 11.0 Å². The molecule has 0 aliphatic carbocycles. The fourth-order valence-electron chi connectivity index (χ4n) is 4.64. The van der Waals surface area contributed by atoms with Crippen LogP contribution in [0.5, 0.6) is 5.75 Å². The minimum absolute atomic E-state index is 0.0513. The van der Waals surface area contributed by atoms with Crippen LogP contribution in [0.15, 0.2) is 89.5 Å². The molecule has 0 spiro atoms. The predicted octanol–water partition coefficient (Wildman–Crippen LogP) is 5.26. The number of nitro groups is 1. The van der Waals surface area contributed by atoms with Gasteiger partial charge in [0.05, 0.1) is 35.0 Å². The van der Waals surface area contributed by atoms with Crippen LogP contribution < -0.4 is 15.4 Å². The van der Waals surface area contributed by atoms with E-state index >= 15 is 0 Å². The highest BCUT2D eigenvalue weighted by atomic mass is 32.1. The molecule has 1 saturated heterocycles. The van der Waals surface area contributed by atoms with Crippen LogP contribution in [0.2, 0.25) is 0 Å². The van der Waals surface area contributed by atoms with Gasteiger partial charge in [-0.3, -0.25) is 19.9 Å². The first-order chi connectivity index (χ1) is 19.0. The molecule has 5 rings (SSSR count). The highest BCUT2D eigenvalue weighted by Crippen LogP contribution is 2.41. The maximum Gasteiger partial charge on any atom is 0.280 e. The molecule has 1 aliphatic heterocycles. The van der Waals surface area contributed by atoms with Gasteiger partial charge in [0.25, 0.3) is 5.69 Å². The third-order valence-corrected chi connectivity index (χ3v) is 6.80. The monoisotopic (exact) mass is 543 g/mol. The van der Waals surface area contributed by atoms with Crippen LogP contribution in [0.3, 0.4) is 0 Å². The number of furan rings is 1. The normalized spacial score (nSPS) is 16.5. The molecule has 0 unspecified atom stereocenters. The van der Waals surface area contributed by atoms with Crippen molar-refractivity contribution < 1.29 is 18.9 Å². The number of amides is 1. The number of rotatable bonds is 9. The molecule has 4 aromatic rings. The van der Waals surface area contributed by atoms with Gasteiger partial charge in [0.15, 0.2) is 5.11 Å². The zero-order chi connectivity index (χ0) is 27.4. The fraction of sp³-hybridized carbons (Fsp3) is 0.179. The largest absolute Gasteiger partial charge is 0.495 e. The molecule has 2 aromatic heterocycles. The van der Waals surface area contributed by atoms with Crippen molar-refractivity contribution >= 4 is 34.6 Å². The Bertz CT molecular complexity index is 1510. The van der Waals surface area contributed by atoms with Crippen LogP contribution in [-0.2, 0) is 4.79 Å². The van der Waals surface area contributed by atoms with Gasteiger partial charge >= 0.3 is 0 Å². The second kappa shape index (κ2) is 11.3. The van der Waals surface area contributed by atoms with Gasteiger partial charge in [0.2, 0.25) is 5.91 Å². The molecule has 1 amide bonds. The molecule has 10 nitrogen and oxygen atoms in total. The lowest BCUT2D eigenvalue weighted by molar-refractivity contribution is -0.384. The summed E-state index contributed by atoms with van der Waals surface area (Å²) in [6.45, 7) is 0.294. The highest BCUT2D eigenvalue weighted by molar-refractivity contribution is 7.80. The van der Waals surface area contributed by atoms with Crippen LogP contribution >= 0.6 is 12.2 Å². The first-order valence-corrected chi connectivity index (χ1v) is 12.6. The number of benzene rings is 2. The van der Waals surface area contributed by atoms with Gasteiger partial charge < -0.3 is 24.7 Å². The number of nitrogens with zero attached hydrogens (tertiary/aromatic N) is 3. The average molecular weight is 544 g/mol. The maximum atomic E-state index is 12.9. The van der Waals surface area contributed by atoms with Gasteiger partial charge in [-0.1, -0.05) is 30.3 Å². The van der Waals surface area contributed by atoms with E-state index in [0.717, 1.165) is 5.69 Å². The average Bonchev–Trinajstić information content (AvgIpc) is 3.57. The third-order valence-electron chi connectivity index (χ3n) is 6.44. The number of nitrogens with one attached hydrogen (secondary N) is 2. The summed E-state index contributed by atoms with van der Waals surface area (Å²) in [6.07, 6.45) is 1.84. The molecule has 3 heterocycles. The van der Waals surface area contributed by atoms with Crippen molar-refractivity contribution in [2.45, 2.75) is 18.5 Å². The Labute approximate surface area is 229 Å². The standard InChI is InChI=1S/C28H25N5O5S/c1-37-23-12-5-3-9-19(23)30-25(34)15-17-32-27(26(31-28(32)39)20-10-6-7-16-29-20)24-14-13-22(38-24)18-8-2-4-11-21(18)33(35)36/h2-14,16,26-27H,15,17H2,1H3,(H,30,34)(H,31,39)/t26-,27-/m0/s1. The number of anilines is 1. The number of methoxy groups -OCH3 is 1. The minimum atomic E-state index is -0.442. The number of carbonyl (C=O) groups is 1. The summed E-state index contributed by atoms with van der Waals surface area (Å²) >= 11 is 5.68. The van der Waals surface area contributed by atoms with Crippen molar-refractivity contribution in [3.05, 3.63) is 107 Å². The van der Waals surface area contributed by atoms with Crippen molar-refractivity contribution in [2.24, 2.45) is 0 Å². The van der Waals surface area contributed by atoms with Gasteiger partial charge in [-0.2, -0.15) is 0 Å². The second-order valence-electron chi connectivity index (χ2n) is 8.79. The summed E-state index contributed by atoms with van der Waals surface area (Å²) in [4.78, 5) is 30.4. The summed E-state index contributed by atoms with van der Waals surface area (Å²) in [6, 6.07) is 21.9. The van der Waals surface area contributed by atoms with Crippen molar-refractivity contribution in [1.29, 1.82) is 0 Å². The fourth-order valence-corrected chi connectivity index (χ4v) is 4.97. The van der Waals surface area contributed by atoms with Crippen molar-refractivity contribution in [1.82, 2.24) is 15.2 Å². The number of nitro benzene ring substituents is 1. The van der Waals surface area contributed by atoms with E-state index in [1.165, 1.54) is 6.07 Å². The molecule has 1 aliphatic rings. The SMILES string of the molecule is COc1ccccc1NC(=O)CCN1C(=S)N[C@@H](c2ccccn2)[C@@H]1c1ccc(-c2ccccc2[N+](=O)[O-])o1. The summed E-state index contributed by atoms with van der Waals surface area (Å²) in [5.41, 5.74) is 1.65. The van der Waals surface area contributed by atoms with E-state index in [2.05, 4.69) is 15.6 Å². The highest BCUT2D eigenvalue weighted by Gasteiger charge is 2.41. The predicted molar refractivity (Wildman–Crippen MR) is 149 cm³/mol. The number of ether oxygens (including phenoxy) is 1.